The summed E-state index contributed by atoms with van der Waals surface area (Å²) < 4.78 is 14.5. The number of rotatable bonds is 2. The molecule has 27 heavy (non-hydrogen) atoms. The maximum atomic E-state index is 14.5. The Labute approximate surface area is 154 Å². The van der Waals surface area contributed by atoms with Gasteiger partial charge in [-0.1, -0.05) is 11.8 Å². The predicted octanol–water partition coefficient (Wildman–Crippen LogP) is -0.0915. The van der Waals surface area contributed by atoms with E-state index in [1.165, 1.54) is 29.4 Å². The minimum Gasteiger partial charge on any atom is -0.396 e. The fourth-order valence-electron chi connectivity index (χ4n) is 2.75. The number of hydrogen-bond donors (Lipinski definition) is 3. The lowest BCUT2D eigenvalue weighted by molar-refractivity contribution is -0.137. The van der Waals surface area contributed by atoms with Crippen LogP contribution in [-0.2, 0) is 4.79 Å². The molecular weight excluding hydrogens is 353 g/mol. The Morgan fingerprint density at radius 3 is 2.70 bits per heavy atom. The summed E-state index contributed by atoms with van der Waals surface area (Å²) in [6.07, 6.45) is 2.70. The molecule has 1 aliphatic heterocycles. The quantitative estimate of drug-likeness (QED) is 0.500. The summed E-state index contributed by atoms with van der Waals surface area (Å²) >= 11 is 0. The third-order valence-corrected chi connectivity index (χ3v) is 4.21. The molecule has 0 radical (unpaired) electrons. The van der Waals surface area contributed by atoms with Crippen LogP contribution in [0.1, 0.15) is 22.5 Å². The topological polar surface area (TPSA) is 135 Å². The fourth-order valence-corrected chi connectivity index (χ4v) is 2.75. The SMILES string of the molecule is CN1CC[C@@](O)(C#Cc2cc(N)c(F)c(-c3nccnc3C(N)=O)c2)C1=O. The van der Waals surface area contributed by atoms with Crippen LogP contribution in [-0.4, -0.2) is 51.0 Å². The van der Waals surface area contributed by atoms with E-state index < -0.39 is 23.2 Å². The number of benzene rings is 1. The van der Waals surface area contributed by atoms with Crippen molar-refractivity contribution in [1.29, 1.82) is 0 Å². The molecule has 8 nitrogen and oxygen atoms in total. The van der Waals surface area contributed by atoms with E-state index in [0.717, 1.165) is 0 Å². The summed E-state index contributed by atoms with van der Waals surface area (Å²) in [6.45, 7) is 0.377. The number of primary amides is 1. The highest BCUT2D eigenvalue weighted by Gasteiger charge is 2.42. The van der Waals surface area contributed by atoms with Crippen molar-refractivity contribution >= 4 is 17.5 Å². The van der Waals surface area contributed by atoms with Gasteiger partial charge in [-0.3, -0.25) is 14.6 Å². The van der Waals surface area contributed by atoms with E-state index in [2.05, 4.69) is 21.8 Å². The predicted molar refractivity (Wildman–Crippen MR) is 94.4 cm³/mol. The van der Waals surface area contributed by atoms with Crippen molar-refractivity contribution in [2.24, 2.45) is 5.73 Å². The smallest absolute Gasteiger partial charge is 0.269 e. The van der Waals surface area contributed by atoms with Crippen molar-refractivity contribution in [1.82, 2.24) is 14.9 Å². The van der Waals surface area contributed by atoms with Crippen LogP contribution >= 0.6 is 0 Å². The lowest BCUT2D eigenvalue weighted by Gasteiger charge is -2.13. The molecule has 2 aromatic rings. The molecule has 0 unspecified atom stereocenters. The van der Waals surface area contributed by atoms with Crippen LogP contribution in [0.25, 0.3) is 11.3 Å². The average molecular weight is 369 g/mol. The average Bonchev–Trinajstić information content (AvgIpc) is 2.90. The van der Waals surface area contributed by atoms with Crippen molar-refractivity contribution in [3.8, 4) is 23.1 Å². The molecule has 0 bridgehead atoms. The van der Waals surface area contributed by atoms with Crippen LogP contribution in [0.2, 0.25) is 0 Å². The van der Waals surface area contributed by atoms with E-state index >= 15 is 0 Å². The highest BCUT2D eigenvalue weighted by Crippen LogP contribution is 2.28. The number of amides is 2. The number of likely N-dealkylation sites (N-methyl/N-ethyl adjacent to an activating group) is 1. The van der Waals surface area contributed by atoms with Gasteiger partial charge in [-0.05, 0) is 12.1 Å². The second kappa shape index (κ2) is 6.66. The van der Waals surface area contributed by atoms with Crippen molar-refractivity contribution < 1.29 is 19.1 Å². The van der Waals surface area contributed by atoms with Crippen LogP contribution in [0.15, 0.2) is 24.5 Å². The summed E-state index contributed by atoms with van der Waals surface area (Å²) in [5.41, 5.74) is 8.77. The summed E-state index contributed by atoms with van der Waals surface area (Å²) in [7, 11) is 1.56. The Bertz CT molecular complexity index is 1010. The highest BCUT2D eigenvalue weighted by atomic mass is 19.1. The molecule has 3 rings (SSSR count). The van der Waals surface area contributed by atoms with Crippen molar-refractivity contribution in [2.45, 2.75) is 12.0 Å². The molecule has 2 amide bonds. The van der Waals surface area contributed by atoms with E-state index in [1.54, 1.807) is 7.05 Å². The molecule has 2 heterocycles. The third kappa shape index (κ3) is 3.30. The van der Waals surface area contributed by atoms with Gasteiger partial charge >= 0.3 is 0 Å². The Balaban J connectivity index is 2.09. The van der Waals surface area contributed by atoms with Gasteiger partial charge in [0.25, 0.3) is 11.8 Å². The van der Waals surface area contributed by atoms with Gasteiger partial charge in [0.1, 0.15) is 5.69 Å². The lowest BCUT2D eigenvalue weighted by Crippen LogP contribution is -2.37. The monoisotopic (exact) mass is 369 g/mol. The van der Waals surface area contributed by atoms with Gasteiger partial charge in [0.05, 0.1) is 5.69 Å². The maximum Gasteiger partial charge on any atom is 0.269 e. The molecule has 5 N–H and O–H groups in total. The van der Waals surface area contributed by atoms with Gasteiger partial charge in [-0.15, -0.1) is 0 Å². The number of halogens is 1. The van der Waals surface area contributed by atoms with Crippen molar-refractivity contribution in [2.75, 3.05) is 19.3 Å². The van der Waals surface area contributed by atoms with E-state index in [0.29, 0.717) is 6.54 Å². The number of carbonyl (C=O) groups excluding carboxylic acids is 2. The molecule has 1 aromatic heterocycles. The zero-order valence-corrected chi connectivity index (χ0v) is 14.4. The Morgan fingerprint density at radius 2 is 2.07 bits per heavy atom. The first-order chi connectivity index (χ1) is 12.7. The third-order valence-electron chi connectivity index (χ3n) is 4.21. The molecule has 1 aromatic carbocycles. The molecular formula is C18H16FN5O3. The van der Waals surface area contributed by atoms with Crippen LogP contribution < -0.4 is 11.5 Å². The van der Waals surface area contributed by atoms with Gasteiger partial charge in [-0.2, -0.15) is 0 Å². The number of anilines is 1. The number of carbonyl (C=O) groups is 2. The summed E-state index contributed by atoms with van der Waals surface area (Å²) in [6, 6.07) is 2.57. The normalized spacial score (nSPS) is 18.9. The lowest BCUT2D eigenvalue weighted by atomic mass is 10.0. The maximum absolute atomic E-state index is 14.5. The Kier molecular flexibility index (Phi) is 4.51. The second-order valence-electron chi connectivity index (χ2n) is 6.13. The van der Waals surface area contributed by atoms with Crippen molar-refractivity contribution in [3.63, 3.8) is 0 Å². The molecule has 1 fully saturated rings. The second-order valence-corrected chi connectivity index (χ2v) is 6.13. The van der Waals surface area contributed by atoms with E-state index in [-0.39, 0.29) is 34.6 Å². The Hall–Kier alpha value is -3.51. The summed E-state index contributed by atoms with van der Waals surface area (Å²) in [4.78, 5) is 32.7. The highest BCUT2D eigenvalue weighted by molar-refractivity contribution is 5.97. The number of nitrogens with two attached hydrogens (primary N) is 2. The molecule has 1 atom stereocenters. The summed E-state index contributed by atoms with van der Waals surface area (Å²) in [5.74, 6) is 2.99. The van der Waals surface area contributed by atoms with Crippen LogP contribution in [0.3, 0.4) is 0 Å². The molecule has 0 saturated carbocycles. The minimum atomic E-state index is -1.80. The van der Waals surface area contributed by atoms with Crippen LogP contribution in [0.4, 0.5) is 10.1 Å². The fraction of sp³-hybridized carbons (Fsp3) is 0.222. The molecule has 9 heteroatoms. The van der Waals surface area contributed by atoms with Gasteiger partial charge in [0, 0.05) is 43.5 Å². The zero-order valence-electron chi connectivity index (χ0n) is 14.4. The first-order valence-electron chi connectivity index (χ1n) is 7.94. The molecule has 0 spiro atoms. The number of aliphatic hydroxyl groups is 1. The van der Waals surface area contributed by atoms with Gasteiger partial charge in [0.2, 0.25) is 5.60 Å². The first kappa shape index (κ1) is 18.3. The van der Waals surface area contributed by atoms with Crippen molar-refractivity contribution in [3.05, 3.63) is 41.6 Å². The van der Waals surface area contributed by atoms with Crippen LogP contribution in [0.5, 0.6) is 0 Å². The molecule has 0 aliphatic carbocycles. The summed E-state index contributed by atoms with van der Waals surface area (Å²) in [5, 5.41) is 10.4. The van der Waals surface area contributed by atoms with Gasteiger partial charge < -0.3 is 21.5 Å². The van der Waals surface area contributed by atoms with E-state index in [4.69, 9.17) is 11.5 Å². The van der Waals surface area contributed by atoms with Gasteiger partial charge in [0.15, 0.2) is 11.5 Å². The number of nitrogens with zero attached hydrogens (tertiary/aromatic N) is 3. The molecule has 1 saturated heterocycles. The standard InChI is InChI=1S/C18H16FN5O3/c1-24-7-4-18(27,17(24)26)3-2-10-8-11(13(19)12(20)9-10)14-15(16(21)25)23-6-5-22-14/h5-6,8-9,27H,4,7,20H2,1H3,(H2,21,25)/t18-/m0/s1. The van der Waals surface area contributed by atoms with E-state index in [9.17, 15) is 19.1 Å². The van der Waals surface area contributed by atoms with Crippen LogP contribution in [0, 0.1) is 17.7 Å². The minimum absolute atomic E-state index is 0.0757. The van der Waals surface area contributed by atoms with E-state index in [1.807, 2.05) is 0 Å². The molecule has 138 valence electrons. The number of hydrogen-bond acceptors (Lipinski definition) is 6. The first-order valence-corrected chi connectivity index (χ1v) is 7.94. The molecule has 1 aliphatic rings. The largest absolute Gasteiger partial charge is 0.396 e. The zero-order chi connectivity index (χ0) is 19.8. The number of aromatic nitrogens is 2. The number of likely N-dealkylation sites (tertiary alicyclic amines) is 1. The van der Waals surface area contributed by atoms with Gasteiger partial charge in [-0.25, -0.2) is 9.37 Å². The Morgan fingerprint density at radius 1 is 1.37 bits per heavy atom. The number of nitrogen functional groups attached to an aromatic ring is 1.